The topological polar surface area (TPSA) is 151 Å². The second kappa shape index (κ2) is 18.3. The second-order valence-corrected chi connectivity index (χ2v) is 13.2. The number of ketones is 1. The zero-order chi connectivity index (χ0) is 35.0. The van der Waals surface area contributed by atoms with E-state index >= 15 is 0 Å². The van der Waals surface area contributed by atoms with E-state index < -0.39 is 37.3 Å². The van der Waals surface area contributed by atoms with Gasteiger partial charge in [0.2, 0.25) is 12.2 Å². The third kappa shape index (κ3) is 10.1. The van der Waals surface area contributed by atoms with Gasteiger partial charge in [-0.2, -0.15) is 0 Å². The van der Waals surface area contributed by atoms with Crippen molar-refractivity contribution < 1.29 is 44.2 Å². The lowest BCUT2D eigenvalue weighted by molar-refractivity contribution is -0.287. The summed E-state index contributed by atoms with van der Waals surface area (Å²) in [5, 5.41) is 40.0. The molecule has 3 aromatic rings. The van der Waals surface area contributed by atoms with Crippen molar-refractivity contribution in [1.29, 1.82) is 0 Å². The number of fused-ring (bicyclic) bond motifs is 1. The molecule has 1 aliphatic heterocycles. The van der Waals surface area contributed by atoms with E-state index in [2.05, 4.69) is 27.7 Å². The van der Waals surface area contributed by atoms with Crippen LogP contribution in [0.2, 0.25) is 0 Å². The van der Waals surface area contributed by atoms with Gasteiger partial charge < -0.3 is 44.1 Å². The molecule has 4 N–H and O–H groups in total. The molecule has 5 atom stereocenters. The predicted octanol–water partition coefficient (Wildman–Crippen LogP) is 4.31. The molecule has 1 unspecified atom stereocenters. The summed E-state index contributed by atoms with van der Waals surface area (Å²) in [6.07, 6.45) is 0.284. The summed E-state index contributed by atoms with van der Waals surface area (Å²) in [5.41, 5.74) is 2.63. The number of carbonyl (C=O) groups excluding carboxylic acids is 2. The Balaban J connectivity index is 0.00000650. The molecule has 0 aliphatic carbocycles. The molecular weight excluding hydrogens is 628 g/mol. The van der Waals surface area contributed by atoms with Gasteiger partial charge in [0.25, 0.3) is 0 Å². The van der Waals surface area contributed by atoms with Crippen LogP contribution in [0.4, 0.5) is 0 Å². The van der Waals surface area contributed by atoms with Gasteiger partial charge in [0.1, 0.15) is 36.7 Å². The van der Waals surface area contributed by atoms with Gasteiger partial charge in [0.15, 0.2) is 5.78 Å². The highest BCUT2D eigenvalue weighted by Crippen LogP contribution is 2.28. The van der Waals surface area contributed by atoms with E-state index in [1.165, 1.54) is 6.26 Å². The minimum Gasteiger partial charge on any atom is -0.497 e. The predicted molar refractivity (Wildman–Crippen MR) is 188 cm³/mol. The maximum atomic E-state index is 13.8. The number of carbonyl (C=O) groups is 2. The number of aliphatic hydroxyl groups excluding tert-OH is 4. The van der Waals surface area contributed by atoms with Crippen molar-refractivity contribution in [2.24, 2.45) is 11.8 Å². The largest absolute Gasteiger partial charge is 0.497 e. The van der Waals surface area contributed by atoms with Crippen LogP contribution in [0.3, 0.4) is 0 Å². The molecule has 1 saturated heterocycles. The van der Waals surface area contributed by atoms with Crippen molar-refractivity contribution in [3.63, 3.8) is 0 Å². The lowest BCUT2D eigenvalue weighted by Crippen LogP contribution is -2.58. The number of rotatable bonds is 16. The van der Waals surface area contributed by atoms with Gasteiger partial charge in [0.05, 0.1) is 25.5 Å². The number of nitrogens with zero attached hydrogens (tertiary/aromatic N) is 2. The first kappa shape index (κ1) is 39.7. The smallest absolute Gasteiger partial charge is 0.242 e. The molecule has 2 heterocycles. The maximum absolute atomic E-state index is 13.8. The molecule has 2 aromatic carbocycles. The lowest BCUT2D eigenvalue weighted by atomic mass is 9.99. The zero-order valence-electron chi connectivity index (χ0n) is 28.5. The highest BCUT2D eigenvalue weighted by atomic mass is 16.7. The van der Waals surface area contributed by atoms with Gasteiger partial charge in [0, 0.05) is 41.9 Å². The van der Waals surface area contributed by atoms with Crippen molar-refractivity contribution in [3.05, 3.63) is 77.7 Å². The molecule has 1 fully saturated rings. The Hall–Kier alpha value is -3.74. The van der Waals surface area contributed by atoms with Crippen molar-refractivity contribution in [2.45, 2.75) is 91.6 Å². The van der Waals surface area contributed by atoms with E-state index in [1.54, 1.807) is 31.5 Å². The van der Waals surface area contributed by atoms with Crippen LogP contribution in [-0.2, 0) is 27.2 Å². The average molecular weight is 683 g/mol. The van der Waals surface area contributed by atoms with E-state index in [1.807, 2.05) is 39.8 Å². The van der Waals surface area contributed by atoms with E-state index in [4.69, 9.17) is 14.2 Å². The number of aromatic nitrogens is 1. The molecule has 0 bridgehead atoms. The quantitative estimate of drug-likeness (QED) is 0.128. The van der Waals surface area contributed by atoms with Crippen LogP contribution in [-0.4, -0.2) is 99.1 Å². The van der Waals surface area contributed by atoms with Crippen LogP contribution in [0.25, 0.3) is 10.9 Å². The van der Waals surface area contributed by atoms with Crippen LogP contribution in [0.15, 0.2) is 61.0 Å². The highest BCUT2D eigenvalue weighted by molar-refractivity contribution is 6.16. The van der Waals surface area contributed by atoms with E-state index in [-0.39, 0.29) is 25.7 Å². The molecule has 1 amide bonds. The fourth-order valence-electron chi connectivity index (χ4n) is 5.59. The van der Waals surface area contributed by atoms with Crippen LogP contribution in [0.1, 0.15) is 69.4 Å². The van der Waals surface area contributed by atoms with Crippen molar-refractivity contribution in [3.8, 4) is 5.75 Å². The van der Waals surface area contributed by atoms with Crippen LogP contribution in [0.5, 0.6) is 5.75 Å². The molecule has 4 rings (SSSR count). The molecule has 0 spiro atoms. The highest BCUT2D eigenvalue weighted by Gasteiger charge is 2.44. The number of ether oxygens (including phenoxy) is 3. The monoisotopic (exact) mass is 682 g/mol. The van der Waals surface area contributed by atoms with E-state index in [0.717, 1.165) is 29.3 Å². The molecule has 49 heavy (non-hydrogen) atoms. The minimum atomic E-state index is -1.52. The first-order chi connectivity index (χ1) is 22.9. The van der Waals surface area contributed by atoms with Gasteiger partial charge in [-0.05, 0) is 54.9 Å². The molecule has 270 valence electrons. The Morgan fingerprint density at radius 3 is 2.20 bits per heavy atom. The Labute approximate surface area is 289 Å². The summed E-state index contributed by atoms with van der Waals surface area (Å²) in [6.45, 7) is 9.57. The molecule has 0 saturated carbocycles. The lowest BCUT2D eigenvalue weighted by Gasteiger charge is -2.39. The molecule has 11 heteroatoms. The number of benzene rings is 2. The van der Waals surface area contributed by atoms with E-state index in [0.29, 0.717) is 48.2 Å². The molecule has 1 aliphatic rings. The number of allylic oxidation sites excluding steroid dienone is 1. The molecule has 0 radical (unpaired) electrons. The zero-order valence-corrected chi connectivity index (χ0v) is 28.5. The first-order valence-corrected chi connectivity index (χ1v) is 16.6. The van der Waals surface area contributed by atoms with Crippen LogP contribution >= 0.6 is 0 Å². The fraction of sp³-hybridized carbons (Fsp3) is 0.526. The third-order valence-corrected chi connectivity index (χ3v) is 8.67. The van der Waals surface area contributed by atoms with Gasteiger partial charge in [-0.15, -0.1) is 0 Å². The van der Waals surface area contributed by atoms with Crippen molar-refractivity contribution >= 4 is 22.6 Å². The summed E-state index contributed by atoms with van der Waals surface area (Å²) >= 11 is 0. The Bertz CT molecular complexity index is 1520. The SMILES string of the molecule is C.COc1ccc2c(C(=O)c3ccc(C/C=C/OC4O[C@H](CO)[C@H](O)[C@H](O)[C@H]4O)cc3)cn(CC(=O)N(CCC(C)C)CCC(C)C)c2c1. The maximum Gasteiger partial charge on any atom is 0.242 e. The Morgan fingerprint density at radius 1 is 0.959 bits per heavy atom. The summed E-state index contributed by atoms with van der Waals surface area (Å²) in [7, 11) is 1.59. The number of hydrogen-bond acceptors (Lipinski definition) is 9. The number of methoxy groups -OCH3 is 1. The Morgan fingerprint density at radius 2 is 1.61 bits per heavy atom. The van der Waals surface area contributed by atoms with Gasteiger partial charge in [-0.1, -0.05) is 59.4 Å². The summed E-state index contributed by atoms with van der Waals surface area (Å²) < 4.78 is 18.1. The summed E-state index contributed by atoms with van der Waals surface area (Å²) in [6, 6.07) is 12.7. The number of hydrogen-bond donors (Lipinski definition) is 4. The van der Waals surface area contributed by atoms with Gasteiger partial charge in [-0.25, -0.2) is 0 Å². The van der Waals surface area contributed by atoms with Crippen molar-refractivity contribution in [2.75, 3.05) is 26.8 Å². The normalized spacial score (nSPS) is 20.9. The average Bonchev–Trinajstić information content (AvgIpc) is 3.43. The molecule has 11 nitrogen and oxygen atoms in total. The summed E-state index contributed by atoms with van der Waals surface area (Å²) in [4.78, 5) is 29.4. The fourth-order valence-corrected chi connectivity index (χ4v) is 5.59. The van der Waals surface area contributed by atoms with Crippen LogP contribution in [0, 0.1) is 11.8 Å². The second-order valence-electron chi connectivity index (χ2n) is 13.2. The molecule has 1 aromatic heterocycles. The Kier molecular flexibility index (Phi) is 14.8. The van der Waals surface area contributed by atoms with E-state index in [9.17, 15) is 30.0 Å². The first-order valence-electron chi connectivity index (χ1n) is 16.6. The molecular formula is C38H54N2O9. The number of amides is 1. The minimum absolute atomic E-state index is 0. The summed E-state index contributed by atoms with van der Waals surface area (Å²) in [5.74, 6) is 1.45. The van der Waals surface area contributed by atoms with Gasteiger partial charge in [-0.3, -0.25) is 9.59 Å². The van der Waals surface area contributed by atoms with Crippen LogP contribution < -0.4 is 4.74 Å². The van der Waals surface area contributed by atoms with Gasteiger partial charge >= 0.3 is 0 Å². The number of aliphatic hydroxyl groups is 4. The standard InChI is InChI=1S/C37H50N2O9.CH4/c1-23(2)14-16-38(17-15-24(3)4)32(41)21-39-20-29(28-13-12-27(46-5)19-30(28)39)33(42)26-10-8-25(9-11-26)7-6-18-47-37-36(45)35(44)34(43)31(22-40)48-37;/h6,8-13,18-20,23-24,31,34-37,40,43-45H,7,14-17,21-22H2,1-5H3;1H4/b18-6+;/t31-,34+,35+,36-,37?;/m1./s1. The third-order valence-electron chi connectivity index (χ3n) is 8.67. The van der Waals surface area contributed by atoms with Crippen molar-refractivity contribution in [1.82, 2.24) is 9.47 Å².